The second-order valence-corrected chi connectivity index (χ2v) is 4.58. The van der Waals surface area contributed by atoms with Crippen molar-refractivity contribution in [3.8, 4) is 0 Å². The van der Waals surface area contributed by atoms with E-state index < -0.39 is 27.0 Å². The third-order valence-electron chi connectivity index (χ3n) is 1.40. The zero-order valence-electron chi connectivity index (χ0n) is 7.43. The monoisotopic (exact) mass is 274 g/mol. The van der Waals surface area contributed by atoms with Crippen LogP contribution in [0.25, 0.3) is 0 Å². The van der Waals surface area contributed by atoms with E-state index in [0.29, 0.717) is 0 Å². The first-order valence-electron chi connectivity index (χ1n) is 3.70. The van der Waals surface area contributed by atoms with Crippen LogP contribution in [0.5, 0.6) is 0 Å². The summed E-state index contributed by atoms with van der Waals surface area (Å²) in [5, 5.41) is 0. The normalized spacial score (nSPS) is 12.8. The van der Waals surface area contributed by atoms with Crippen LogP contribution in [0, 0.1) is 0 Å². The van der Waals surface area contributed by atoms with E-state index in [0.717, 1.165) is 18.2 Å². The first-order chi connectivity index (χ1) is 7.20. The van der Waals surface area contributed by atoms with E-state index in [1.807, 2.05) is 0 Å². The molecule has 1 aromatic rings. The van der Waals surface area contributed by atoms with Gasteiger partial charge in [0.25, 0.3) is 0 Å². The van der Waals surface area contributed by atoms with Gasteiger partial charge in [-0.2, -0.15) is 25.2 Å². The second-order valence-electron chi connectivity index (χ2n) is 2.57. The van der Waals surface area contributed by atoms with Crippen molar-refractivity contribution >= 4 is 22.4 Å². The van der Waals surface area contributed by atoms with Crippen LogP contribution in [0.15, 0.2) is 29.2 Å². The van der Waals surface area contributed by atoms with Gasteiger partial charge in [0.05, 0.1) is 17.6 Å². The van der Waals surface area contributed by atoms with Crippen LogP contribution in [0.1, 0.15) is 5.56 Å². The quantitative estimate of drug-likeness (QED) is 0.677. The summed E-state index contributed by atoms with van der Waals surface area (Å²) >= 11 is -0.0771. The van der Waals surface area contributed by atoms with Gasteiger partial charge in [-0.1, -0.05) is 12.1 Å². The van der Waals surface area contributed by atoms with Gasteiger partial charge in [0.15, 0.2) is 0 Å². The molecule has 0 saturated heterocycles. The van der Waals surface area contributed by atoms with Crippen molar-refractivity contribution in [2.75, 3.05) is 0 Å². The maximum atomic E-state index is 12.4. The van der Waals surface area contributed by atoms with Gasteiger partial charge >= 0.3 is 16.6 Å². The number of halogens is 3. The zero-order valence-corrected chi connectivity index (χ0v) is 9.06. The molecule has 0 aliphatic carbocycles. The molecule has 16 heavy (non-hydrogen) atoms. The zero-order chi connectivity index (χ0) is 12.4. The van der Waals surface area contributed by atoms with Crippen molar-refractivity contribution in [3.05, 3.63) is 29.8 Å². The summed E-state index contributed by atoms with van der Waals surface area (Å²) in [5.41, 5.74) is -1.04. The first kappa shape index (κ1) is 13.3. The van der Waals surface area contributed by atoms with Crippen molar-refractivity contribution in [2.45, 2.75) is 11.1 Å². The molecule has 0 spiro atoms. The van der Waals surface area contributed by atoms with Gasteiger partial charge in [-0.25, -0.2) is 0 Å². The third kappa shape index (κ3) is 4.00. The molecule has 1 N–H and O–H groups in total. The molecule has 0 radical (unpaired) electrons. The van der Waals surface area contributed by atoms with E-state index in [2.05, 4.69) is 3.63 Å². The minimum absolute atomic E-state index is 0.0771. The smallest absolute Gasteiger partial charge is 0.263 e. The standard InChI is InChI=1S/C7H5F3O4S2/c8-7(9,10)5-3-1-2-4-6(5)15-14-16(11,12)13/h1-4H,(H,11,12,13). The predicted molar refractivity (Wildman–Crippen MR) is 49.9 cm³/mol. The SMILES string of the molecule is O=S(=O)(O)OSc1ccccc1C(F)(F)F. The van der Waals surface area contributed by atoms with Gasteiger partial charge in [0.1, 0.15) is 0 Å². The van der Waals surface area contributed by atoms with E-state index in [1.54, 1.807) is 0 Å². The van der Waals surface area contributed by atoms with Gasteiger partial charge in [0.2, 0.25) is 0 Å². The molecule has 0 aromatic heterocycles. The number of rotatable bonds is 3. The molecule has 0 amide bonds. The van der Waals surface area contributed by atoms with E-state index in [-0.39, 0.29) is 12.0 Å². The molecule has 1 rings (SSSR count). The average Bonchev–Trinajstić information content (AvgIpc) is 2.12. The lowest BCUT2D eigenvalue weighted by Gasteiger charge is -2.10. The Balaban J connectivity index is 2.97. The molecule has 1 aromatic carbocycles. The Labute approximate surface area is 93.6 Å². The van der Waals surface area contributed by atoms with E-state index >= 15 is 0 Å². The largest absolute Gasteiger partial charge is 0.417 e. The molecule has 0 fully saturated rings. The Morgan fingerprint density at radius 2 is 1.81 bits per heavy atom. The number of benzene rings is 1. The summed E-state index contributed by atoms with van der Waals surface area (Å²) in [6.45, 7) is 0. The molecule has 0 saturated carbocycles. The summed E-state index contributed by atoms with van der Waals surface area (Å²) in [6.07, 6.45) is -4.62. The van der Waals surface area contributed by atoms with E-state index in [4.69, 9.17) is 4.55 Å². The van der Waals surface area contributed by atoms with Crippen molar-refractivity contribution in [2.24, 2.45) is 0 Å². The van der Waals surface area contributed by atoms with Crippen molar-refractivity contribution in [1.29, 1.82) is 0 Å². The molecule has 0 aliphatic rings. The highest BCUT2D eigenvalue weighted by Crippen LogP contribution is 2.37. The fourth-order valence-electron chi connectivity index (χ4n) is 0.853. The molecule has 0 bridgehead atoms. The summed E-state index contributed by atoms with van der Waals surface area (Å²) < 4.78 is 69.6. The summed E-state index contributed by atoms with van der Waals surface area (Å²) in [7, 11) is -4.79. The molecule has 90 valence electrons. The van der Waals surface area contributed by atoms with Crippen LogP contribution < -0.4 is 0 Å². The van der Waals surface area contributed by atoms with Crippen LogP contribution >= 0.6 is 12.0 Å². The lowest BCUT2D eigenvalue weighted by atomic mass is 10.2. The van der Waals surface area contributed by atoms with Crippen molar-refractivity contribution in [3.63, 3.8) is 0 Å². The first-order valence-corrected chi connectivity index (χ1v) is 5.80. The van der Waals surface area contributed by atoms with Crippen molar-refractivity contribution in [1.82, 2.24) is 0 Å². The van der Waals surface area contributed by atoms with Crippen LogP contribution in [0.3, 0.4) is 0 Å². The molecule has 0 atom stereocenters. The fourth-order valence-corrected chi connectivity index (χ4v) is 1.90. The lowest BCUT2D eigenvalue weighted by Crippen LogP contribution is -2.07. The average molecular weight is 274 g/mol. The molecule has 0 aliphatic heterocycles. The maximum absolute atomic E-state index is 12.4. The second kappa shape index (κ2) is 4.62. The van der Waals surface area contributed by atoms with Gasteiger partial charge in [-0.3, -0.25) is 4.55 Å². The summed E-state index contributed by atoms with van der Waals surface area (Å²) in [5.74, 6) is 0. The van der Waals surface area contributed by atoms with E-state index in [1.165, 1.54) is 6.07 Å². The minimum atomic E-state index is -4.79. The Morgan fingerprint density at radius 3 is 2.31 bits per heavy atom. The predicted octanol–water partition coefficient (Wildman–Crippen LogP) is 2.53. The van der Waals surface area contributed by atoms with Crippen molar-refractivity contribution < 1.29 is 29.8 Å². The maximum Gasteiger partial charge on any atom is 0.417 e. The molecule has 0 heterocycles. The summed E-state index contributed by atoms with van der Waals surface area (Å²) in [4.78, 5) is -0.451. The van der Waals surface area contributed by atoms with E-state index in [9.17, 15) is 21.6 Å². The number of hydrogen-bond acceptors (Lipinski definition) is 4. The van der Waals surface area contributed by atoms with Crippen LogP contribution in [-0.2, 0) is 20.2 Å². The Kier molecular flexibility index (Phi) is 3.84. The molecular formula is C7H5F3O4S2. The number of alkyl halides is 3. The number of hydrogen-bond donors (Lipinski definition) is 1. The minimum Gasteiger partial charge on any atom is -0.263 e. The van der Waals surface area contributed by atoms with Gasteiger partial charge in [-0.05, 0) is 12.1 Å². The Morgan fingerprint density at radius 1 is 1.25 bits per heavy atom. The van der Waals surface area contributed by atoms with Gasteiger partial charge in [0, 0.05) is 4.90 Å². The fraction of sp³-hybridized carbons (Fsp3) is 0.143. The highest BCUT2D eigenvalue weighted by atomic mass is 32.3. The molecule has 9 heteroatoms. The van der Waals surface area contributed by atoms with Gasteiger partial charge < -0.3 is 0 Å². The molecule has 0 unspecified atom stereocenters. The molecular weight excluding hydrogens is 269 g/mol. The Hall–Kier alpha value is -0.770. The van der Waals surface area contributed by atoms with Crippen LogP contribution in [-0.4, -0.2) is 13.0 Å². The van der Waals surface area contributed by atoms with Gasteiger partial charge in [-0.15, -0.1) is 0 Å². The molecule has 4 nitrogen and oxygen atoms in total. The highest BCUT2D eigenvalue weighted by molar-refractivity contribution is 8.02. The lowest BCUT2D eigenvalue weighted by molar-refractivity contribution is -0.139. The highest BCUT2D eigenvalue weighted by Gasteiger charge is 2.33. The topological polar surface area (TPSA) is 63.6 Å². The Bertz CT molecular complexity index is 469. The third-order valence-corrected chi connectivity index (χ3v) is 2.90. The van der Waals surface area contributed by atoms with Crippen LogP contribution in [0.4, 0.5) is 13.2 Å². The van der Waals surface area contributed by atoms with Crippen LogP contribution in [0.2, 0.25) is 0 Å². The summed E-state index contributed by atoms with van der Waals surface area (Å²) in [6, 6.07) is 4.24.